The third-order valence-electron chi connectivity index (χ3n) is 2.81. The summed E-state index contributed by atoms with van der Waals surface area (Å²) >= 11 is 0. The zero-order chi connectivity index (χ0) is 15.9. The van der Waals surface area contributed by atoms with Gasteiger partial charge in [-0.1, -0.05) is 12.1 Å². The lowest BCUT2D eigenvalue weighted by Gasteiger charge is -2.17. The monoisotopic (exact) mass is 311 g/mol. The van der Waals surface area contributed by atoms with Crippen LogP contribution < -0.4 is 4.72 Å². The molecule has 8 heteroatoms. The Balaban J connectivity index is 2.55. The number of rotatable bonds is 7. The van der Waals surface area contributed by atoms with E-state index in [2.05, 4.69) is 9.46 Å². The molecule has 0 atom stereocenters. The second-order valence-corrected chi connectivity index (χ2v) is 6.14. The van der Waals surface area contributed by atoms with E-state index in [1.807, 2.05) is 6.07 Å². The van der Waals surface area contributed by atoms with Crippen molar-refractivity contribution in [3.05, 3.63) is 35.4 Å². The summed E-state index contributed by atoms with van der Waals surface area (Å²) in [6.45, 7) is 0.145. The van der Waals surface area contributed by atoms with Crippen LogP contribution in [0.5, 0.6) is 0 Å². The zero-order valence-corrected chi connectivity index (χ0v) is 12.7. The van der Waals surface area contributed by atoms with E-state index < -0.39 is 16.2 Å². The van der Waals surface area contributed by atoms with Crippen molar-refractivity contribution in [2.75, 3.05) is 20.7 Å². The van der Waals surface area contributed by atoms with Crippen molar-refractivity contribution in [3.8, 4) is 6.07 Å². The Kier molecular flexibility index (Phi) is 6.30. The SMILES string of the molecule is COC(=O)CCN(C)S(=O)(=O)NCc1ccc(C#N)cc1. The maximum atomic E-state index is 11.9. The molecule has 0 heterocycles. The maximum Gasteiger partial charge on any atom is 0.306 e. The summed E-state index contributed by atoms with van der Waals surface area (Å²) < 4.78 is 31.8. The molecule has 1 N–H and O–H groups in total. The number of hydrogen-bond acceptors (Lipinski definition) is 5. The number of hydrogen-bond donors (Lipinski definition) is 1. The number of esters is 1. The largest absolute Gasteiger partial charge is 0.469 e. The zero-order valence-electron chi connectivity index (χ0n) is 11.9. The third kappa shape index (κ3) is 5.51. The quantitative estimate of drug-likeness (QED) is 0.734. The van der Waals surface area contributed by atoms with Gasteiger partial charge in [0.15, 0.2) is 0 Å². The molecular formula is C13H17N3O4S. The predicted molar refractivity (Wildman–Crippen MR) is 76.2 cm³/mol. The van der Waals surface area contributed by atoms with Gasteiger partial charge < -0.3 is 4.74 Å². The molecule has 114 valence electrons. The first-order valence-corrected chi connectivity index (χ1v) is 7.60. The molecule has 0 unspecified atom stereocenters. The van der Waals surface area contributed by atoms with E-state index in [-0.39, 0.29) is 19.5 Å². The Morgan fingerprint density at radius 3 is 2.52 bits per heavy atom. The molecule has 0 fully saturated rings. The van der Waals surface area contributed by atoms with E-state index in [1.165, 1.54) is 14.2 Å². The highest BCUT2D eigenvalue weighted by Gasteiger charge is 2.18. The average Bonchev–Trinajstić information content (AvgIpc) is 2.50. The molecule has 0 aliphatic heterocycles. The number of ether oxygens (including phenoxy) is 1. The van der Waals surface area contributed by atoms with Crippen molar-refractivity contribution < 1.29 is 17.9 Å². The van der Waals surface area contributed by atoms with Gasteiger partial charge in [-0.2, -0.15) is 22.7 Å². The smallest absolute Gasteiger partial charge is 0.306 e. The van der Waals surface area contributed by atoms with Gasteiger partial charge in [0.1, 0.15) is 0 Å². The molecule has 21 heavy (non-hydrogen) atoms. The van der Waals surface area contributed by atoms with Crippen molar-refractivity contribution in [1.82, 2.24) is 9.03 Å². The van der Waals surface area contributed by atoms with Crippen LogP contribution in [0.2, 0.25) is 0 Å². The van der Waals surface area contributed by atoms with Crippen LogP contribution in [-0.4, -0.2) is 39.4 Å². The van der Waals surface area contributed by atoms with E-state index in [0.717, 1.165) is 9.87 Å². The average molecular weight is 311 g/mol. The normalized spacial score (nSPS) is 11.1. The van der Waals surface area contributed by atoms with Crippen LogP contribution in [0.15, 0.2) is 24.3 Å². The van der Waals surface area contributed by atoms with Crippen LogP contribution in [0.4, 0.5) is 0 Å². The topological polar surface area (TPSA) is 99.5 Å². The highest BCUT2D eigenvalue weighted by molar-refractivity contribution is 7.87. The van der Waals surface area contributed by atoms with Crippen molar-refractivity contribution in [3.63, 3.8) is 0 Å². The van der Waals surface area contributed by atoms with Gasteiger partial charge in [0.25, 0.3) is 10.2 Å². The van der Waals surface area contributed by atoms with E-state index >= 15 is 0 Å². The van der Waals surface area contributed by atoms with Gasteiger partial charge in [-0.15, -0.1) is 0 Å². The fourth-order valence-corrected chi connectivity index (χ4v) is 2.35. The molecule has 0 spiro atoms. The number of benzene rings is 1. The minimum absolute atomic E-state index is 0.00915. The number of nitrogens with zero attached hydrogens (tertiary/aromatic N) is 2. The lowest BCUT2D eigenvalue weighted by molar-refractivity contribution is -0.140. The fraction of sp³-hybridized carbons (Fsp3) is 0.385. The standard InChI is InChI=1S/C13H17N3O4S/c1-16(8-7-13(17)20-2)21(18,19)15-10-12-5-3-11(9-14)4-6-12/h3-6,15H,7-8,10H2,1-2H3. The van der Waals surface area contributed by atoms with Gasteiger partial charge in [0.2, 0.25) is 0 Å². The second-order valence-electron chi connectivity index (χ2n) is 4.28. The lowest BCUT2D eigenvalue weighted by Crippen LogP contribution is -2.38. The van der Waals surface area contributed by atoms with Crippen LogP contribution in [0, 0.1) is 11.3 Å². The van der Waals surface area contributed by atoms with Crippen molar-refractivity contribution >= 4 is 16.2 Å². The molecule has 0 saturated heterocycles. The first-order valence-electron chi connectivity index (χ1n) is 6.16. The van der Waals surface area contributed by atoms with Crippen molar-refractivity contribution in [2.45, 2.75) is 13.0 Å². The molecule has 0 saturated carbocycles. The Hall–Kier alpha value is -1.95. The minimum atomic E-state index is -3.67. The number of methoxy groups -OCH3 is 1. The summed E-state index contributed by atoms with van der Waals surface area (Å²) in [5, 5.41) is 8.68. The molecule has 0 radical (unpaired) electrons. The van der Waals surface area contributed by atoms with Crippen molar-refractivity contribution in [1.29, 1.82) is 5.26 Å². The van der Waals surface area contributed by atoms with Crippen molar-refractivity contribution in [2.24, 2.45) is 0 Å². The number of nitrogens with one attached hydrogen (secondary N) is 1. The fourth-order valence-electron chi connectivity index (χ4n) is 1.45. The Labute approximate surface area is 124 Å². The minimum Gasteiger partial charge on any atom is -0.469 e. The summed E-state index contributed by atoms with van der Waals surface area (Å²) in [5.41, 5.74) is 1.25. The van der Waals surface area contributed by atoms with Crippen LogP contribution in [0.25, 0.3) is 0 Å². The van der Waals surface area contributed by atoms with Gasteiger partial charge in [-0.3, -0.25) is 4.79 Å². The molecule has 0 aliphatic rings. The van der Waals surface area contributed by atoms with Crippen LogP contribution in [0.1, 0.15) is 17.5 Å². The molecule has 7 nitrogen and oxygen atoms in total. The van der Waals surface area contributed by atoms with Gasteiger partial charge in [-0.25, -0.2) is 0 Å². The summed E-state index contributed by atoms with van der Waals surface area (Å²) in [6.07, 6.45) is -0.00915. The van der Waals surface area contributed by atoms with E-state index in [1.54, 1.807) is 24.3 Å². The van der Waals surface area contributed by atoms with Gasteiger partial charge in [-0.05, 0) is 17.7 Å². The molecule has 0 aromatic heterocycles. The molecule has 0 amide bonds. The molecule has 1 aromatic carbocycles. The third-order valence-corrected chi connectivity index (χ3v) is 4.32. The number of nitriles is 1. The number of carbonyl (C=O) groups excluding carboxylic acids is 1. The van der Waals surface area contributed by atoms with Crippen LogP contribution >= 0.6 is 0 Å². The van der Waals surface area contributed by atoms with Gasteiger partial charge in [0, 0.05) is 20.1 Å². The summed E-state index contributed by atoms with van der Waals surface area (Å²) in [6, 6.07) is 8.57. The first-order chi connectivity index (χ1) is 9.89. The Bertz CT molecular complexity index is 620. The first kappa shape index (κ1) is 17.1. The number of carbonyl (C=O) groups is 1. The molecule has 1 rings (SSSR count). The summed E-state index contributed by atoms with van der Waals surface area (Å²) in [4.78, 5) is 11.0. The molecule has 0 aliphatic carbocycles. The Morgan fingerprint density at radius 2 is 2.00 bits per heavy atom. The van der Waals surface area contributed by atoms with Gasteiger partial charge in [0.05, 0.1) is 25.2 Å². The molecule has 1 aromatic rings. The highest BCUT2D eigenvalue weighted by atomic mass is 32.2. The van der Waals surface area contributed by atoms with Gasteiger partial charge >= 0.3 is 5.97 Å². The molecule has 0 bridgehead atoms. The Morgan fingerprint density at radius 1 is 1.38 bits per heavy atom. The predicted octanol–water partition coefficient (Wildman–Crippen LogP) is 0.388. The highest BCUT2D eigenvalue weighted by Crippen LogP contribution is 2.04. The lowest BCUT2D eigenvalue weighted by atomic mass is 10.1. The molecular weight excluding hydrogens is 294 g/mol. The van der Waals surface area contributed by atoms with E-state index in [9.17, 15) is 13.2 Å². The van der Waals surface area contributed by atoms with E-state index in [4.69, 9.17) is 5.26 Å². The summed E-state index contributed by atoms with van der Waals surface area (Å²) in [5.74, 6) is -0.468. The van der Waals surface area contributed by atoms with E-state index in [0.29, 0.717) is 5.56 Å². The van der Waals surface area contributed by atoms with Crippen LogP contribution in [0.3, 0.4) is 0 Å². The second kappa shape index (κ2) is 7.73. The van der Waals surface area contributed by atoms with Crippen LogP contribution in [-0.2, 0) is 26.3 Å². The maximum absolute atomic E-state index is 11.9. The summed E-state index contributed by atoms with van der Waals surface area (Å²) in [7, 11) is -1.04.